The Morgan fingerprint density at radius 3 is 1.98 bits per heavy atom. The summed E-state index contributed by atoms with van der Waals surface area (Å²) >= 11 is 0. The van der Waals surface area contributed by atoms with Crippen molar-refractivity contribution < 1.29 is 9.53 Å². The minimum atomic E-state index is -0.408. The van der Waals surface area contributed by atoms with Gasteiger partial charge in [-0.3, -0.25) is 18.9 Å². The van der Waals surface area contributed by atoms with Gasteiger partial charge in [-0.05, 0) is 41.7 Å². The molecule has 0 spiro atoms. The van der Waals surface area contributed by atoms with E-state index >= 15 is 0 Å². The molecule has 2 N–H and O–H groups in total. The van der Waals surface area contributed by atoms with Gasteiger partial charge in [0, 0.05) is 38.6 Å². The molecule has 238 valence electrons. The standard InChI is InChI=1S/C38H43N5O3/c1-2-26-46-38(45)42-24-22-34(43-33-21-13-12-20-32(33)41(25-23-39)37(43)44)35(31-18-10-5-11-19-31)36(42)40(27-29-14-6-3-7-15-29)28-30-16-8-4-9-17-30/h3-21,34-36H,2,22-28,39H2,1H3/t34?,35?,36-/m0/s1. The molecule has 1 aromatic heterocycles. The first-order valence-corrected chi connectivity index (χ1v) is 16.3. The van der Waals surface area contributed by atoms with Crippen LogP contribution in [0.4, 0.5) is 4.79 Å². The summed E-state index contributed by atoms with van der Waals surface area (Å²) in [4.78, 5) is 32.6. The summed E-state index contributed by atoms with van der Waals surface area (Å²) in [5.41, 5.74) is 11.0. The first-order valence-electron chi connectivity index (χ1n) is 16.3. The molecule has 5 aromatic rings. The number of carbonyl (C=O) groups excluding carboxylic acids is 1. The topological polar surface area (TPSA) is 85.7 Å². The van der Waals surface area contributed by atoms with Gasteiger partial charge >= 0.3 is 11.8 Å². The van der Waals surface area contributed by atoms with E-state index in [1.54, 1.807) is 4.57 Å². The van der Waals surface area contributed by atoms with Crippen LogP contribution in [0.3, 0.4) is 0 Å². The third-order valence-corrected chi connectivity index (χ3v) is 8.95. The van der Waals surface area contributed by atoms with E-state index in [1.807, 2.05) is 95.3 Å². The Kier molecular flexibility index (Phi) is 9.96. The molecular weight excluding hydrogens is 574 g/mol. The number of likely N-dealkylation sites (tertiary alicyclic amines) is 1. The number of carbonyl (C=O) groups is 1. The SMILES string of the molecule is CCCOC(=O)N1CCC(n2c(=O)n(CCN)c3ccccc32)C(c2ccccc2)[C@H]1N(Cc1ccccc1)Cc1ccccc1. The number of nitrogens with zero attached hydrogens (tertiary/aromatic N) is 4. The maximum absolute atomic E-state index is 14.3. The molecule has 1 saturated heterocycles. The summed E-state index contributed by atoms with van der Waals surface area (Å²) in [6.45, 7) is 4.82. The van der Waals surface area contributed by atoms with Crippen molar-refractivity contribution in [3.8, 4) is 0 Å². The molecule has 0 bridgehead atoms. The van der Waals surface area contributed by atoms with Crippen LogP contribution in [0.15, 0.2) is 120 Å². The smallest absolute Gasteiger partial charge is 0.411 e. The lowest BCUT2D eigenvalue weighted by atomic mass is 9.81. The molecule has 3 atom stereocenters. The van der Waals surface area contributed by atoms with Gasteiger partial charge in [0.2, 0.25) is 0 Å². The Hall–Kier alpha value is -4.66. The molecule has 0 aliphatic carbocycles. The van der Waals surface area contributed by atoms with Gasteiger partial charge in [0.25, 0.3) is 0 Å². The van der Waals surface area contributed by atoms with Crippen molar-refractivity contribution in [2.75, 3.05) is 19.7 Å². The van der Waals surface area contributed by atoms with Crippen LogP contribution in [0, 0.1) is 0 Å². The number of rotatable bonds is 11. The highest BCUT2D eigenvalue weighted by Gasteiger charge is 2.46. The Labute approximate surface area is 270 Å². The van der Waals surface area contributed by atoms with Crippen molar-refractivity contribution in [1.82, 2.24) is 18.9 Å². The third-order valence-electron chi connectivity index (χ3n) is 8.95. The highest BCUT2D eigenvalue weighted by Crippen LogP contribution is 2.43. The number of imidazole rings is 1. The number of fused-ring (bicyclic) bond motifs is 1. The van der Waals surface area contributed by atoms with E-state index in [0.29, 0.717) is 45.8 Å². The molecule has 1 fully saturated rings. The zero-order valence-corrected chi connectivity index (χ0v) is 26.4. The summed E-state index contributed by atoms with van der Waals surface area (Å²) in [6.07, 6.45) is 0.603. The first-order chi connectivity index (χ1) is 22.6. The second-order valence-corrected chi connectivity index (χ2v) is 12.0. The van der Waals surface area contributed by atoms with Crippen LogP contribution in [-0.4, -0.2) is 50.9 Å². The van der Waals surface area contributed by atoms with Crippen LogP contribution in [0.2, 0.25) is 0 Å². The Morgan fingerprint density at radius 2 is 1.39 bits per heavy atom. The lowest BCUT2D eigenvalue weighted by Gasteiger charge is -2.50. The second-order valence-electron chi connectivity index (χ2n) is 12.0. The predicted octanol–water partition coefficient (Wildman–Crippen LogP) is 6.37. The van der Waals surface area contributed by atoms with E-state index in [4.69, 9.17) is 10.5 Å². The molecule has 4 aromatic carbocycles. The fourth-order valence-electron chi connectivity index (χ4n) is 7.01. The number of hydrogen-bond acceptors (Lipinski definition) is 5. The van der Waals surface area contributed by atoms with Crippen LogP contribution < -0.4 is 11.4 Å². The molecule has 1 aliphatic rings. The average Bonchev–Trinajstić information content (AvgIpc) is 3.38. The molecule has 0 saturated carbocycles. The highest BCUT2D eigenvalue weighted by atomic mass is 16.6. The van der Waals surface area contributed by atoms with Crippen molar-refractivity contribution in [2.45, 2.75) is 57.5 Å². The van der Waals surface area contributed by atoms with E-state index in [1.165, 1.54) is 0 Å². The minimum absolute atomic E-state index is 0.0731. The summed E-state index contributed by atoms with van der Waals surface area (Å²) < 4.78 is 9.60. The zero-order valence-electron chi connectivity index (χ0n) is 26.4. The number of aromatic nitrogens is 2. The van der Waals surface area contributed by atoms with Gasteiger partial charge in [-0.2, -0.15) is 0 Å². The maximum Gasteiger partial charge on any atom is 0.411 e. The van der Waals surface area contributed by atoms with Gasteiger partial charge in [0.15, 0.2) is 0 Å². The van der Waals surface area contributed by atoms with E-state index in [0.717, 1.165) is 34.1 Å². The number of benzene rings is 4. The number of hydrogen-bond donors (Lipinski definition) is 1. The molecule has 8 nitrogen and oxygen atoms in total. The van der Waals surface area contributed by atoms with Gasteiger partial charge < -0.3 is 10.5 Å². The molecule has 2 unspecified atom stereocenters. The van der Waals surface area contributed by atoms with Crippen LogP contribution in [0.1, 0.15) is 48.4 Å². The van der Waals surface area contributed by atoms with E-state index in [2.05, 4.69) is 41.3 Å². The van der Waals surface area contributed by atoms with Crippen molar-refractivity contribution in [3.05, 3.63) is 142 Å². The van der Waals surface area contributed by atoms with Crippen molar-refractivity contribution in [2.24, 2.45) is 5.73 Å². The summed E-state index contributed by atoms with van der Waals surface area (Å²) in [7, 11) is 0. The quantitative estimate of drug-likeness (QED) is 0.186. The summed E-state index contributed by atoms with van der Waals surface area (Å²) in [6, 6.07) is 38.8. The Morgan fingerprint density at radius 1 is 0.826 bits per heavy atom. The normalized spacial score (nSPS) is 18.2. The van der Waals surface area contributed by atoms with Crippen molar-refractivity contribution in [1.29, 1.82) is 0 Å². The predicted molar refractivity (Wildman–Crippen MR) is 182 cm³/mol. The number of para-hydroxylation sites is 2. The number of piperidine rings is 1. The highest BCUT2D eigenvalue weighted by molar-refractivity contribution is 5.76. The van der Waals surface area contributed by atoms with Gasteiger partial charge in [-0.1, -0.05) is 110 Å². The van der Waals surface area contributed by atoms with Crippen molar-refractivity contribution in [3.63, 3.8) is 0 Å². The minimum Gasteiger partial charge on any atom is -0.449 e. The third kappa shape index (κ3) is 6.50. The average molecular weight is 618 g/mol. The second kappa shape index (κ2) is 14.6. The van der Waals surface area contributed by atoms with Crippen LogP contribution in [-0.2, 0) is 24.4 Å². The number of ether oxygens (including phenoxy) is 1. The van der Waals surface area contributed by atoms with Gasteiger partial charge in [0.1, 0.15) is 0 Å². The molecule has 1 amide bonds. The summed E-state index contributed by atoms with van der Waals surface area (Å²) in [5.74, 6) is -0.244. The lowest BCUT2D eigenvalue weighted by molar-refractivity contribution is -0.0289. The van der Waals surface area contributed by atoms with Crippen LogP contribution in [0.5, 0.6) is 0 Å². The summed E-state index contributed by atoms with van der Waals surface area (Å²) in [5, 5.41) is 0. The molecule has 46 heavy (non-hydrogen) atoms. The van der Waals surface area contributed by atoms with E-state index < -0.39 is 6.17 Å². The van der Waals surface area contributed by atoms with Crippen LogP contribution >= 0.6 is 0 Å². The molecule has 2 heterocycles. The fraction of sp³-hybridized carbons (Fsp3) is 0.316. The fourth-order valence-corrected chi connectivity index (χ4v) is 7.01. The lowest BCUT2D eigenvalue weighted by Crippen LogP contribution is -2.59. The van der Waals surface area contributed by atoms with E-state index in [9.17, 15) is 9.59 Å². The number of nitrogens with two attached hydrogens (primary N) is 1. The Balaban J connectivity index is 1.56. The monoisotopic (exact) mass is 617 g/mol. The maximum atomic E-state index is 14.3. The molecular formula is C38H43N5O3. The van der Waals surface area contributed by atoms with Gasteiger partial charge in [-0.15, -0.1) is 0 Å². The van der Waals surface area contributed by atoms with Crippen LogP contribution in [0.25, 0.3) is 11.0 Å². The van der Waals surface area contributed by atoms with E-state index in [-0.39, 0.29) is 23.7 Å². The van der Waals surface area contributed by atoms with Crippen molar-refractivity contribution >= 4 is 17.1 Å². The first kappa shape index (κ1) is 31.3. The van der Waals surface area contributed by atoms with Gasteiger partial charge in [0.05, 0.1) is 29.8 Å². The molecule has 8 heteroatoms. The number of amides is 1. The molecule has 6 rings (SSSR count). The van der Waals surface area contributed by atoms with Gasteiger partial charge in [-0.25, -0.2) is 9.59 Å². The largest absolute Gasteiger partial charge is 0.449 e. The zero-order chi connectivity index (χ0) is 31.9. The molecule has 0 radical (unpaired) electrons. The Bertz CT molecular complexity index is 1730. The molecule has 1 aliphatic heterocycles.